The zero-order valence-electron chi connectivity index (χ0n) is 9.52. The number of nitrogens with two attached hydrogens (primary N) is 1. The average molecular weight is 222 g/mol. The molecule has 1 aliphatic carbocycles. The van der Waals surface area contributed by atoms with Gasteiger partial charge in [0, 0.05) is 12.2 Å². The van der Waals surface area contributed by atoms with Crippen LogP contribution in [-0.4, -0.2) is 21.7 Å². The first-order valence-corrected chi connectivity index (χ1v) is 5.77. The first kappa shape index (κ1) is 11.0. The van der Waals surface area contributed by atoms with Gasteiger partial charge >= 0.3 is 0 Å². The SMILES string of the molecule is CC(C(=O)NC1CCCC1)n1cc(N)cn1. The van der Waals surface area contributed by atoms with Crippen LogP contribution in [-0.2, 0) is 4.79 Å². The van der Waals surface area contributed by atoms with Gasteiger partial charge in [-0.1, -0.05) is 12.8 Å². The molecule has 5 heteroatoms. The summed E-state index contributed by atoms with van der Waals surface area (Å²) in [4.78, 5) is 11.9. The molecule has 88 valence electrons. The monoisotopic (exact) mass is 222 g/mol. The number of anilines is 1. The molecular weight excluding hydrogens is 204 g/mol. The van der Waals surface area contributed by atoms with Gasteiger partial charge in [0.2, 0.25) is 5.91 Å². The minimum Gasteiger partial charge on any atom is -0.396 e. The summed E-state index contributed by atoms with van der Waals surface area (Å²) in [7, 11) is 0. The third-order valence-electron chi connectivity index (χ3n) is 3.10. The van der Waals surface area contributed by atoms with E-state index in [-0.39, 0.29) is 11.9 Å². The molecule has 0 bridgehead atoms. The number of aromatic nitrogens is 2. The minimum atomic E-state index is -0.294. The Bertz CT molecular complexity index is 368. The summed E-state index contributed by atoms with van der Waals surface area (Å²) in [5.41, 5.74) is 6.15. The van der Waals surface area contributed by atoms with Crippen LogP contribution in [0.4, 0.5) is 5.69 Å². The van der Waals surface area contributed by atoms with Gasteiger partial charge in [0.25, 0.3) is 0 Å². The maximum atomic E-state index is 11.9. The minimum absolute atomic E-state index is 0.0231. The highest BCUT2D eigenvalue weighted by Crippen LogP contribution is 2.18. The molecule has 1 heterocycles. The molecule has 1 aliphatic rings. The Hall–Kier alpha value is -1.52. The molecule has 1 amide bonds. The van der Waals surface area contributed by atoms with E-state index in [0.29, 0.717) is 11.7 Å². The van der Waals surface area contributed by atoms with Gasteiger partial charge < -0.3 is 11.1 Å². The predicted octanol–water partition coefficient (Wildman–Crippen LogP) is 1.09. The quantitative estimate of drug-likeness (QED) is 0.804. The fraction of sp³-hybridized carbons (Fsp3) is 0.636. The van der Waals surface area contributed by atoms with Crippen LogP contribution in [0.25, 0.3) is 0 Å². The molecule has 0 saturated heterocycles. The Morgan fingerprint density at radius 2 is 2.31 bits per heavy atom. The first-order valence-electron chi connectivity index (χ1n) is 5.77. The fourth-order valence-electron chi connectivity index (χ4n) is 2.08. The lowest BCUT2D eigenvalue weighted by molar-refractivity contribution is -0.124. The van der Waals surface area contributed by atoms with E-state index in [9.17, 15) is 4.79 Å². The summed E-state index contributed by atoms with van der Waals surface area (Å²) in [5, 5.41) is 7.09. The Balaban J connectivity index is 1.93. The van der Waals surface area contributed by atoms with Gasteiger partial charge in [0.05, 0.1) is 11.9 Å². The van der Waals surface area contributed by atoms with E-state index < -0.39 is 0 Å². The van der Waals surface area contributed by atoms with Crippen molar-refractivity contribution in [3.63, 3.8) is 0 Å². The summed E-state index contributed by atoms with van der Waals surface area (Å²) in [6, 6.07) is 0.0563. The van der Waals surface area contributed by atoms with Gasteiger partial charge in [0.1, 0.15) is 6.04 Å². The molecule has 0 aromatic carbocycles. The van der Waals surface area contributed by atoms with E-state index in [0.717, 1.165) is 12.8 Å². The van der Waals surface area contributed by atoms with Crippen LogP contribution in [0.5, 0.6) is 0 Å². The second-order valence-corrected chi connectivity index (χ2v) is 4.42. The van der Waals surface area contributed by atoms with Crippen molar-refractivity contribution in [3.05, 3.63) is 12.4 Å². The number of carbonyl (C=O) groups excluding carboxylic acids is 1. The smallest absolute Gasteiger partial charge is 0.244 e. The standard InChI is InChI=1S/C11H18N4O/c1-8(15-7-9(12)6-13-15)11(16)14-10-4-2-3-5-10/h6-8,10H,2-5,12H2,1H3,(H,14,16). The zero-order chi connectivity index (χ0) is 11.5. The van der Waals surface area contributed by atoms with Crippen LogP contribution in [0, 0.1) is 0 Å². The summed E-state index contributed by atoms with van der Waals surface area (Å²) in [6.45, 7) is 1.83. The van der Waals surface area contributed by atoms with Crippen LogP contribution in [0.1, 0.15) is 38.6 Å². The van der Waals surface area contributed by atoms with E-state index in [4.69, 9.17) is 5.73 Å². The molecule has 0 aliphatic heterocycles. The molecule has 1 fully saturated rings. The average Bonchev–Trinajstić information content (AvgIpc) is 2.88. The molecule has 0 spiro atoms. The Morgan fingerprint density at radius 1 is 1.62 bits per heavy atom. The van der Waals surface area contributed by atoms with Gasteiger partial charge in [-0.05, 0) is 19.8 Å². The highest BCUT2D eigenvalue weighted by Gasteiger charge is 2.21. The zero-order valence-corrected chi connectivity index (χ0v) is 9.52. The second-order valence-electron chi connectivity index (χ2n) is 4.42. The largest absolute Gasteiger partial charge is 0.396 e. The van der Waals surface area contributed by atoms with Crippen molar-refractivity contribution in [2.45, 2.75) is 44.7 Å². The van der Waals surface area contributed by atoms with Crippen molar-refractivity contribution < 1.29 is 4.79 Å². The lowest BCUT2D eigenvalue weighted by Gasteiger charge is -2.16. The number of nitrogen functional groups attached to an aromatic ring is 1. The lowest BCUT2D eigenvalue weighted by atomic mass is 10.2. The maximum Gasteiger partial charge on any atom is 0.244 e. The highest BCUT2D eigenvalue weighted by molar-refractivity contribution is 5.80. The summed E-state index contributed by atoms with van der Waals surface area (Å²) in [5.74, 6) is 0.0231. The number of rotatable bonds is 3. The van der Waals surface area contributed by atoms with Crippen molar-refractivity contribution in [1.29, 1.82) is 0 Å². The summed E-state index contributed by atoms with van der Waals surface area (Å²) >= 11 is 0. The summed E-state index contributed by atoms with van der Waals surface area (Å²) in [6.07, 6.45) is 7.86. The molecule has 5 nitrogen and oxygen atoms in total. The number of nitrogens with zero attached hydrogens (tertiary/aromatic N) is 2. The Morgan fingerprint density at radius 3 is 2.88 bits per heavy atom. The maximum absolute atomic E-state index is 11.9. The molecule has 1 aromatic rings. The van der Waals surface area contributed by atoms with Gasteiger partial charge in [-0.15, -0.1) is 0 Å². The number of hydrogen-bond donors (Lipinski definition) is 2. The topological polar surface area (TPSA) is 72.9 Å². The molecule has 16 heavy (non-hydrogen) atoms. The van der Waals surface area contributed by atoms with E-state index in [2.05, 4.69) is 10.4 Å². The number of hydrogen-bond acceptors (Lipinski definition) is 3. The number of carbonyl (C=O) groups is 1. The third kappa shape index (κ3) is 2.35. The van der Waals surface area contributed by atoms with Crippen LogP contribution >= 0.6 is 0 Å². The molecule has 1 aromatic heterocycles. The van der Waals surface area contributed by atoms with Crippen LogP contribution in [0.2, 0.25) is 0 Å². The second kappa shape index (κ2) is 4.55. The van der Waals surface area contributed by atoms with Crippen molar-refractivity contribution in [2.75, 3.05) is 5.73 Å². The van der Waals surface area contributed by atoms with Crippen LogP contribution in [0.3, 0.4) is 0 Å². The third-order valence-corrected chi connectivity index (χ3v) is 3.10. The molecule has 2 rings (SSSR count). The summed E-state index contributed by atoms with van der Waals surface area (Å²) < 4.78 is 1.60. The normalized spacial score (nSPS) is 18.6. The van der Waals surface area contributed by atoms with Crippen LogP contribution < -0.4 is 11.1 Å². The van der Waals surface area contributed by atoms with Crippen molar-refractivity contribution in [3.8, 4) is 0 Å². The van der Waals surface area contributed by atoms with E-state index in [1.54, 1.807) is 17.1 Å². The molecular formula is C11H18N4O. The van der Waals surface area contributed by atoms with E-state index in [1.165, 1.54) is 12.8 Å². The molecule has 1 unspecified atom stereocenters. The Labute approximate surface area is 95.0 Å². The van der Waals surface area contributed by atoms with Gasteiger partial charge in [-0.25, -0.2) is 0 Å². The van der Waals surface area contributed by atoms with Gasteiger partial charge in [-0.3, -0.25) is 9.48 Å². The van der Waals surface area contributed by atoms with E-state index >= 15 is 0 Å². The first-order chi connectivity index (χ1) is 7.66. The molecule has 3 N–H and O–H groups in total. The number of nitrogens with one attached hydrogen (secondary N) is 1. The molecule has 0 radical (unpaired) electrons. The lowest BCUT2D eigenvalue weighted by Crippen LogP contribution is -2.37. The van der Waals surface area contributed by atoms with E-state index in [1.807, 2.05) is 6.92 Å². The highest BCUT2D eigenvalue weighted by atomic mass is 16.2. The van der Waals surface area contributed by atoms with Gasteiger partial charge in [-0.2, -0.15) is 5.10 Å². The Kier molecular flexibility index (Phi) is 3.12. The van der Waals surface area contributed by atoms with Crippen molar-refractivity contribution >= 4 is 11.6 Å². The number of amides is 1. The van der Waals surface area contributed by atoms with Crippen molar-refractivity contribution in [1.82, 2.24) is 15.1 Å². The molecule has 1 atom stereocenters. The predicted molar refractivity (Wildman–Crippen MR) is 61.7 cm³/mol. The fourth-order valence-corrected chi connectivity index (χ4v) is 2.08. The van der Waals surface area contributed by atoms with Crippen LogP contribution in [0.15, 0.2) is 12.4 Å². The van der Waals surface area contributed by atoms with Gasteiger partial charge in [0.15, 0.2) is 0 Å². The van der Waals surface area contributed by atoms with Crippen molar-refractivity contribution in [2.24, 2.45) is 0 Å². The molecule has 1 saturated carbocycles.